The van der Waals surface area contributed by atoms with E-state index in [0.29, 0.717) is 12.6 Å². The summed E-state index contributed by atoms with van der Waals surface area (Å²) in [6, 6.07) is 0.609. The van der Waals surface area contributed by atoms with E-state index in [-0.39, 0.29) is 6.03 Å². The average molecular weight is 251 g/mol. The molecule has 0 saturated heterocycles. The number of nitrogens with one attached hydrogen (secondary N) is 2. The lowest BCUT2D eigenvalue weighted by Crippen LogP contribution is -2.38. The molecule has 0 atom stereocenters. The number of hydrogen-bond acceptors (Lipinski definition) is 3. The Bertz CT molecular complexity index is 397. The second kappa shape index (κ2) is 5.86. The van der Waals surface area contributed by atoms with Gasteiger partial charge in [0.1, 0.15) is 0 Å². The minimum absolute atomic E-state index is 0.0557. The smallest absolute Gasteiger partial charge is 0.316 e. The molecule has 1 aromatic rings. The predicted molar refractivity (Wildman–Crippen MR) is 69.3 cm³/mol. The molecule has 1 saturated carbocycles. The van der Waals surface area contributed by atoms with Gasteiger partial charge in [0.05, 0.1) is 12.0 Å². The second-order valence-corrected chi connectivity index (χ2v) is 4.83. The van der Waals surface area contributed by atoms with Crippen molar-refractivity contribution in [3.8, 4) is 0 Å². The van der Waals surface area contributed by atoms with Crippen molar-refractivity contribution >= 4 is 6.03 Å². The lowest BCUT2D eigenvalue weighted by molar-refractivity contribution is 0.217. The van der Waals surface area contributed by atoms with Crippen molar-refractivity contribution in [2.24, 2.45) is 0 Å². The van der Waals surface area contributed by atoms with Gasteiger partial charge in [0.25, 0.3) is 0 Å². The van der Waals surface area contributed by atoms with E-state index in [0.717, 1.165) is 13.1 Å². The van der Waals surface area contributed by atoms with E-state index in [2.05, 4.69) is 20.2 Å². The molecule has 100 valence electrons. The minimum Gasteiger partial charge on any atom is -0.337 e. The monoisotopic (exact) mass is 251 g/mol. The summed E-state index contributed by atoms with van der Waals surface area (Å²) in [5.74, 6) is 0. The van der Waals surface area contributed by atoms with Crippen molar-refractivity contribution in [1.29, 1.82) is 0 Å². The largest absolute Gasteiger partial charge is 0.337 e. The molecule has 0 aromatic carbocycles. The topological polar surface area (TPSA) is 62.2 Å². The highest BCUT2D eigenvalue weighted by Gasteiger charge is 2.24. The number of carbonyl (C=O) groups excluding carboxylic acids is 1. The first-order chi connectivity index (χ1) is 8.68. The minimum atomic E-state index is -0.0557. The standard InChI is InChI=1S/C12H21N5O/c1-16(2)12(18)15-6-5-13-7-11-8-14-9-17(11)10-3-4-10/h8-10,13H,3-7H2,1-2H3,(H,15,18). The van der Waals surface area contributed by atoms with Gasteiger partial charge in [0.2, 0.25) is 0 Å². The van der Waals surface area contributed by atoms with Crippen LogP contribution < -0.4 is 10.6 Å². The summed E-state index contributed by atoms with van der Waals surface area (Å²) in [4.78, 5) is 17.0. The number of amides is 2. The van der Waals surface area contributed by atoms with Gasteiger partial charge < -0.3 is 20.1 Å². The molecule has 1 aliphatic rings. The molecule has 0 radical (unpaired) electrons. The van der Waals surface area contributed by atoms with Crippen LogP contribution in [0.2, 0.25) is 0 Å². The zero-order valence-corrected chi connectivity index (χ0v) is 11.0. The van der Waals surface area contributed by atoms with Gasteiger partial charge >= 0.3 is 6.03 Å². The maximum Gasteiger partial charge on any atom is 0.316 e. The molecule has 0 unspecified atom stereocenters. The Balaban J connectivity index is 1.63. The summed E-state index contributed by atoms with van der Waals surface area (Å²) >= 11 is 0. The van der Waals surface area contributed by atoms with Gasteiger partial charge in [-0.1, -0.05) is 0 Å². The van der Waals surface area contributed by atoms with Crippen LogP contribution in [-0.2, 0) is 6.54 Å². The van der Waals surface area contributed by atoms with Crippen LogP contribution in [0.1, 0.15) is 24.6 Å². The van der Waals surface area contributed by atoms with Gasteiger partial charge in [0.15, 0.2) is 0 Å². The summed E-state index contributed by atoms with van der Waals surface area (Å²) in [7, 11) is 3.47. The molecular formula is C12H21N5O. The van der Waals surface area contributed by atoms with Gasteiger partial charge in [-0.25, -0.2) is 9.78 Å². The molecule has 6 heteroatoms. The Morgan fingerprint density at radius 1 is 1.50 bits per heavy atom. The first-order valence-corrected chi connectivity index (χ1v) is 6.35. The van der Waals surface area contributed by atoms with Crippen molar-refractivity contribution in [3.05, 3.63) is 18.2 Å². The molecule has 18 heavy (non-hydrogen) atoms. The van der Waals surface area contributed by atoms with Crippen molar-refractivity contribution < 1.29 is 4.79 Å². The van der Waals surface area contributed by atoms with Crippen molar-refractivity contribution in [2.75, 3.05) is 27.2 Å². The van der Waals surface area contributed by atoms with Crippen LogP contribution in [0.4, 0.5) is 4.79 Å². The predicted octanol–water partition coefficient (Wildman–Crippen LogP) is 0.579. The Kier molecular flexibility index (Phi) is 4.19. The maximum absolute atomic E-state index is 11.3. The van der Waals surface area contributed by atoms with Crippen LogP contribution in [0.15, 0.2) is 12.5 Å². The normalized spacial score (nSPS) is 14.6. The maximum atomic E-state index is 11.3. The number of rotatable bonds is 6. The fraction of sp³-hybridized carbons (Fsp3) is 0.667. The molecule has 1 aliphatic carbocycles. The van der Waals surface area contributed by atoms with Crippen LogP contribution in [-0.4, -0.2) is 47.7 Å². The molecule has 0 spiro atoms. The first-order valence-electron chi connectivity index (χ1n) is 6.35. The third kappa shape index (κ3) is 3.46. The quantitative estimate of drug-likeness (QED) is 0.727. The van der Waals surface area contributed by atoms with Crippen LogP contribution >= 0.6 is 0 Å². The summed E-state index contributed by atoms with van der Waals surface area (Å²) in [5, 5.41) is 6.13. The highest BCUT2D eigenvalue weighted by atomic mass is 16.2. The van der Waals surface area contributed by atoms with E-state index in [4.69, 9.17) is 0 Å². The highest BCUT2D eigenvalue weighted by Crippen LogP contribution is 2.35. The van der Waals surface area contributed by atoms with E-state index in [1.165, 1.54) is 23.4 Å². The van der Waals surface area contributed by atoms with Gasteiger partial charge in [0, 0.05) is 46.0 Å². The van der Waals surface area contributed by atoms with Crippen molar-refractivity contribution in [2.45, 2.75) is 25.4 Å². The van der Waals surface area contributed by atoms with E-state index in [9.17, 15) is 4.79 Å². The summed E-state index contributed by atoms with van der Waals surface area (Å²) in [5.41, 5.74) is 1.22. The lowest BCUT2D eigenvalue weighted by Gasteiger charge is -2.12. The molecule has 0 aliphatic heterocycles. The number of hydrogen-bond donors (Lipinski definition) is 2. The number of imidazole rings is 1. The van der Waals surface area contributed by atoms with E-state index in [1.54, 1.807) is 14.1 Å². The zero-order chi connectivity index (χ0) is 13.0. The van der Waals surface area contributed by atoms with Gasteiger partial charge in [-0.15, -0.1) is 0 Å². The fourth-order valence-corrected chi connectivity index (χ4v) is 1.78. The Morgan fingerprint density at radius 2 is 2.28 bits per heavy atom. The van der Waals surface area contributed by atoms with Gasteiger partial charge in [-0.3, -0.25) is 0 Å². The summed E-state index contributed by atoms with van der Waals surface area (Å²) in [6.07, 6.45) is 6.34. The third-order valence-electron chi connectivity index (χ3n) is 2.98. The van der Waals surface area contributed by atoms with Crippen LogP contribution in [0.3, 0.4) is 0 Å². The Labute approximate surface area is 107 Å². The van der Waals surface area contributed by atoms with Gasteiger partial charge in [-0.2, -0.15) is 0 Å². The second-order valence-electron chi connectivity index (χ2n) is 4.83. The molecule has 0 bridgehead atoms. The Hall–Kier alpha value is -1.56. The van der Waals surface area contributed by atoms with Crippen LogP contribution in [0.25, 0.3) is 0 Å². The number of urea groups is 1. The molecular weight excluding hydrogens is 230 g/mol. The molecule has 1 heterocycles. The average Bonchev–Trinajstić information content (AvgIpc) is 3.08. The van der Waals surface area contributed by atoms with E-state index in [1.807, 2.05) is 12.5 Å². The van der Waals surface area contributed by atoms with Crippen LogP contribution in [0.5, 0.6) is 0 Å². The van der Waals surface area contributed by atoms with Crippen molar-refractivity contribution in [1.82, 2.24) is 25.1 Å². The van der Waals surface area contributed by atoms with Crippen molar-refractivity contribution in [3.63, 3.8) is 0 Å². The molecule has 1 fully saturated rings. The third-order valence-corrected chi connectivity index (χ3v) is 2.98. The van der Waals surface area contributed by atoms with Crippen LogP contribution in [0, 0.1) is 0 Å². The Morgan fingerprint density at radius 3 is 2.94 bits per heavy atom. The molecule has 6 nitrogen and oxygen atoms in total. The number of carbonyl (C=O) groups is 1. The van der Waals surface area contributed by atoms with Gasteiger partial charge in [-0.05, 0) is 12.8 Å². The molecule has 1 aromatic heterocycles. The highest BCUT2D eigenvalue weighted by molar-refractivity contribution is 5.73. The first kappa shape index (κ1) is 12.9. The SMILES string of the molecule is CN(C)C(=O)NCCNCc1cncn1C1CC1. The number of aromatic nitrogens is 2. The zero-order valence-electron chi connectivity index (χ0n) is 11.0. The summed E-state index contributed by atoms with van der Waals surface area (Å²) in [6.45, 7) is 2.19. The lowest BCUT2D eigenvalue weighted by atomic mass is 10.4. The summed E-state index contributed by atoms with van der Waals surface area (Å²) < 4.78 is 2.24. The molecule has 2 N–H and O–H groups in total. The van der Waals surface area contributed by atoms with E-state index >= 15 is 0 Å². The number of nitrogens with zero attached hydrogens (tertiary/aromatic N) is 3. The molecule has 2 rings (SSSR count). The fourth-order valence-electron chi connectivity index (χ4n) is 1.78. The van der Waals surface area contributed by atoms with E-state index < -0.39 is 0 Å². The molecule has 2 amide bonds.